The van der Waals surface area contributed by atoms with E-state index in [2.05, 4.69) is 22.1 Å². The summed E-state index contributed by atoms with van der Waals surface area (Å²) in [5.74, 6) is 1.34. The van der Waals surface area contributed by atoms with E-state index >= 15 is 0 Å². The van der Waals surface area contributed by atoms with Crippen LogP contribution in [0.2, 0.25) is 0 Å². The monoisotopic (exact) mass is 314 g/mol. The number of anilines is 1. The first kappa shape index (κ1) is 15.6. The molecular formula is C17H22N4O2. The number of hydrogen-bond acceptors (Lipinski definition) is 5. The summed E-state index contributed by atoms with van der Waals surface area (Å²) in [7, 11) is 0. The molecule has 1 aliphatic rings. The van der Waals surface area contributed by atoms with E-state index in [1.807, 2.05) is 30.3 Å². The van der Waals surface area contributed by atoms with E-state index in [1.54, 1.807) is 17.0 Å². The Morgan fingerprint density at radius 1 is 1.35 bits per heavy atom. The lowest BCUT2D eigenvalue weighted by Crippen LogP contribution is -2.51. The molecule has 1 fully saturated rings. The van der Waals surface area contributed by atoms with Crippen LogP contribution < -0.4 is 20.5 Å². The van der Waals surface area contributed by atoms with E-state index in [4.69, 9.17) is 4.74 Å². The van der Waals surface area contributed by atoms with Crippen molar-refractivity contribution >= 4 is 5.82 Å². The highest BCUT2D eigenvalue weighted by Gasteiger charge is 2.19. The number of hydrogen-bond donors (Lipinski definition) is 1. The molecule has 1 aromatic heterocycles. The first-order chi connectivity index (χ1) is 11.2. The lowest BCUT2D eigenvalue weighted by molar-refractivity contribution is 0.296. The Hall–Kier alpha value is -2.34. The van der Waals surface area contributed by atoms with Crippen LogP contribution in [0.1, 0.15) is 6.92 Å². The quantitative estimate of drug-likeness (QED) is 0.896. The second kappa shape index (κ2) is 7.28. The summed E-state index contributed by atoms with van der Waals surface area (Å²) in [5.41, 5.74) is -0.0572. The fraction of sp³-hybridized carbons (Fsp3) is 0.412. The predicted molar refractivity (Wildman–Crippen MR) is 90.1 cm³/mol. The zero-order valence-electron chi connectivity index (χ0n) is 13.3. The van der Waals surface area contributed by atoms with Crippen LogP contribution in [0.25, 0.3) is 0 Å². The minimum absolute atomic E-state index is 0.0572. The van der Waals surface area contributed by atoms with Crippen LogP contribution in [0.4, 0.5) is 5.82 Å². The first-order valence-corrected chi connectivity index (χ1v) is 7.95. The molecule has 3 rings (SSSR count). The van der Waals surface area contributed by atoms with Gasteiger partial charge in [0.2, 0.25) is 0 Å². The summed E-state index contributed by atoms with van der Waals surface area (Å²) in [5, 5.41) is 3.37. The summed E-state index contributed by atoms with van der Waals surface area (Å²) in [6.45, 7) is 5.54. The summed E-state index contributed by atoms with van der Waals surface area (Å²) in [4.78, 5) is 18.9. The van der Waals surface area contributed by atoms with E-state index < -0.39 is 0 Å². The summed E-state index contributed by atoms with van der Waals surface area (Å²) in [6.07, 6.45) is 3.40. The molecular weight excluding hydrogens is 292 g/mol. The third kappa shape index (κ3) is 3.90. The van der Waals surface area contributed by atoms with Gasteiger partial charge in [-0.05, 0) is 19.1 Å². The van der Waals surface area contributed by atoms with E-state index in [0.717, 1.165) is 25.4 Å². The molecule has 0 radical (unpaired) electrons. The number of nitrogens with one attached hydrogen (secondary N) is 1. The molecule has 1 aliphatic heterocycles. The summed E-state index contributed by atoms with van der Waals surface area (Å²) in [6, 6.07) is 9.97. The van der Waals surface area contributed by atoms with Crippen LogP contribution in [-0.2, 0) is 6.54 Å². The number of rotatable bonds is 5. The summed E-state index contributed by atoms with van der Waals surface area (Å²) < 4.78 is 7.33. The van der Waals surface area contributed by atoms with Gasteiger partial charge in [-0.2, -0.15) is 0 Å². The van der Waals surface area contributed by atoms with Crippen LogP contribution in [0.15, 0.2) is 47.5 Å². The van der Waals surface area contributed by atoms with Crippen LogP contribution in [0.5, 0.6) is 5.75 Å². The Labute approximate surface area is 135 Å². The fourth-order valence-electron chi connectivity index (χ4n) is 2.73. The standard InChI is InChI=1S/C17H22N4O2/c1-14-13-21(10-7-18-14)16-17(22)20(9-8-19-16)11-12-23-15-5-3-2-4-6-15/h2-6,8-9,14,18H,7,10-13H2,1H3. The minimum Gasteiger partial charge on any atom is -0.492 e. The maximum atomic E-state index is 12.6. The van der Waals surface area contributed by atoms with E-state index in [0.29, 0.717) is 25.0 Å². The molecule has 6 heteroatoms. The molecule has 1 atom stereocenters. The highest BCUT2D eigenvalue weighted by Crippen LogP contribution is 2.09. The van der Waals surface area contributed by atoms with Crippen molar-refractivity contribution in [2.75, 3.05) is 31.1 Å². The molecule has 0 saturated carbocycles. The van der Waals surface area contributed by atoms with Gasteiger partial charge in [0.15, 0.2) is 5.82 Å². The number of piperazine rings is 1. The molecule has 2 aromatic rings. The average Bonchev–Trinajstić information content (AvgIpc) is 2.57. The third-order valence-electron chi connectivity index (χ3n) is 3.91. The smallest absolute Gasteiger partial charge is 0.293 e. The van der Waals surface area contributed by atoms with Gasteiger partial charge < -0.3 is 19.5 Å². The van der Waals surface area contributed by atoms with Crippen molar-refractivity contribution in [2.45, 2.75) is 19.5 Å². The summed E-state index contributed by atoms with van der Waals surface area (Å²) >= 11 is 0. The Bertz CT molecular complexity index is 686. The van der Waals surface area contributed by atoms with Gasteiger partial charge in [0.1, 0.15) is 12.4 Å². The van der Waals surface area contributed by atoms with Crippen molar-refractivity contribution in [3.05, 3.63) is 53.1 Å². The minimum atomic E-state index is -0.0572. The van der Waals surface area contributed by atoms with Gasteiger partial charge in [0.25, 0.3) is 5.56 Å². The van der Waals surface area contributed by atoms with Crippen molar-refractivity contribution in [3.8, 4) is 5.75 Å². The van der Waals surface area contributed by atoms with Gasteiger partial charge in [0, 0.05) is 38.1 Å². The van der Waals surface area contributed by atoms with Crippen molar-refractivity contribution in [3.63, 3.8) is 0 Å². The Balaban J connectivity index is 1.66. The Morgan fingerprint density at radius 3 is 2.96 bits per heavy atom. The second-order valence-electron chi connectivity index (χ2n) is 5.71. The van der Waals surface area contributed by atoms with Gasteiger partial charge in [-0.15, -0.1) is 0 Å². The second-order valence-corrected chi connectivity index (χ2v) is 5.71. The van der Waals surface area contributed by atoms with E-state index in [1.165, 1.54) is 0 Å². The maximum absolute atomic E-state index is 12.6. The molecule has 6 nitrogen and oxygen atoms in total. The molecule has 23 heavy (non-hydrogen) atoms. The largest absolute Gasteiger partial charge is 0.492 e. The molecule has 2 heterocycles. The van der Waals surface area contributed by atoms with Crippen molar-refractivity contribution < 1.29 is 4.74 Å². The third-order valence-corrected chi connectivity index (χ3v) is 3.91. The average molecular weight is 314 g/mol. The molecule has 0 amide bonds. The number of para-hydroxylation sites is 1. The maximum Gasteiger partial charge on any atom is 0.293 e. The molecule has 1 N–H and O–H groups in total. The van der Waals surface area contributed by atoms with Crippen LogP contribution in [0, 0.1) is 0 Å². The zero-order chi connectivity index (χ0) is 16.1. The number of ether oxygens (including phenoxy) is 1. The molecule has 1 saturated heterocycles. The Kier molecular flexibility index (Phi) is 4.92. The van der Waals surface area contributed by atoms with Gasteiger partial charge in [-0.3, -0.25) is 4.79 Å². The molecule has 0 bridgehead atoms. The fourth-order valence-corrected chi connectivity index (χ4v) is 2.73. The van der Waals surface area contributed by atoms with Gasteiger partial charge in [0.05, 0.1) is 6.54 Å². The highest BCUT2D eigenvalue weighted by atomic mass is 16.5. The highest BCUT2D eigenvalue weighted by molar-refractivity contribution is 5.36. The first-order valence-electron chi connectivity index (χ1n) is 7.95. The van der Waals surface area contributed by atoms with Crippen LogP contribution >= 0.6 is 0 Å². The molecule has 1 aromatic carbocycles. The van der Waals surface area contributed by atoms with Gasteiger partial charge in [-0.25, -0.2) is 4.98 Å². The van der Waals surface area contributed by atoms with Crippen molar-refractivity contribution in [1.82, 2.24) is 14.9 Å². The van der Waals surface area contributed by atoms with Crippen LogP contribution in [0.3, 0.4) is 0 Å². The van der Waals surface area contributed by atoms with E-state index in [-0.39, 0.29) is 5.56 Å². The normalized spacial score (nSPS) is 18.0. The zero-order valence-corrected chi connectivity index (χ0v) is 13.3. The molecule has 0 spiro atoms. The lowest BCUT2D eigenvalue weighted by atomic mass is 10.2. The van der Waals surface area contributed by atoms with Crippen LogP contribution in [-0.4, -0.2) is 41.8 Å². The van der Waals surface area contributed by atoms with Crippen molar-refractivity contribution in [2.24, 2.45) is 0 Å². The lowest BCUT2D eigenvalue weighted by Gasteiger charge is -2.32. The topological polar surface area (TPSA) is 59.4 Å². The predicted octanol–water partition coefficient (Wildman–Crippen LogP) is 1.12. The molecule has 122 valence electrons. The SMILES string of the molecule is CC1CN(c2nccn(CCOc3ccccc3)c2=O)CCN1. The molecule has 0 aliphatic carbocycles. The molecule has 1 unspecified atom stereocenters. The van der Waals surface area contributed by atoms with Gasteiger partial charge in [-0.1, -0.05) is 18.2 Å². The van der Waals surface area contributed by atoms with Gasteiger partial charge >= 0.3 is 0 Å². The number of nitrogens with zero attached hydrogens (tertiary/aromatic N) is 3. The number of aromatic nitrogens is 2. The number of benzene rings is 1. The van der Waals surface area contributed by atoms with Crippen molar-refractivity contribution in [1.29, 1.82) is 0 Å². The Morgan fingerprint density at radius 2 is 2.17 bits per heavy atom. The van der Waals surface area contributed by atoms with E-state index in [9.17, 15) is 4.79 Å².